The zero-order valence-electron chi connectivity index (χ0n) is 9.47. The summed E-state index contributed by atoms with van der Waals surface area (Å²) >= 11 is 0. The molecule has 0 bridgehead atoms. The Morgan fingerprint density at radius 1 is 1.35 bits per heavy atom. The molecular formula is C12H12N4O. The van der Waals surface area contributed by atoms with Crippen molar-refractivity contribution >= 4 is 11.6 Å². The quantitative estimate of drug-likeness (QED) is 0.618. The van der Waals surface area contributed by atoms with Gasteiger partial charge in [-0.15, -0.1) is 0 Å². The van der Waals surface area contributed by atoms with Crippen molar-refractivity contribution < 1.29 is 4.79 Å². The number of carbonyl (C=O) groups is 1. The Balaban J connectivity index is 2.98. The van der Waals surface area contributed by atoms with E-state index in [4.69, 9.17) is 16.3 Å². The van der Waals surface area contributed by atoms with Gasteiger partial charge in [0.15, 0.2) is 0 Å². The van der Waals surface area contributed by atoms with E-state index in [1.54, 1.807) is 18.2 Å². The molecule has 0 aromatic heterocycles. The average molecular weight is 228 g/mol. The molecular weight excluding hydrogens is 216 g/mol. The van der Waals surface area contributed by atoms with Crippen LogP contribution in [0.25, 0.3) is 0 Å². The van der Waals surface area contributed by atoms with Gasteiger partial charge in [0.2, 0.25) is 0 Å². The molecule has 0 atom stereocenters. The molecule has 0 fully saturated rings. The summed E-state index contributed by atoms with van der Waals surface area (Å²) in [6.45, 7) is 1.62. The highest BCUT2D eigenvalue weighted by Crippen LogP contribution is 2.14. The number of hydrogen-bond donors (Lipinski definition) is 1. The fourth-order valence-electron chi connectivity index (χ4n) is 1.33. The van der Waals surface area contributed by atoms with Crippen molar-refractivity contribution in [2.75, 3.05) is 18.8 Å². The van der Waals surface area contributed by atoms with Gasteiger partial charge in [0.05, 0.1) is 12.1 Å². The van der Waals surface area contributed by atoms with E-state index in [1.165, 1.54) is 4.90 Å². The zero-order valence-corrected chi connectivity index (χ0v) is 9.47. The first-order valence-electron chi connectivity index (χ1n) is 4.99. The number of amides is 1. The van der Waals surface area contributed by atoms with Crippen molar-refractivity contribution in [2.24, 2.45) is 0 Å². The summed E-state index contributed by atoms with van der Waals surface area (Å²) in [5.74, 6) is -0.361. The summed E-state index contributed by atoms with van der Waals surface area (Å²) in [5.41, 5.74) is 7.49. The molecule has 1 aromatic carbocycles. The van der Waals surface area contributed by atoms with Crippen molar-refractivity contribution in [2.45, 2.75) is 6.92 Å². The van der Waals surface area contributed by atoms with E-state index >= 15 is 0 Å². The Morgan fingerprint density at radius 3 is 2.41 bits per heavy atom. The molecule has 1 amide bonds. The van der Waals surface area contributed by atoms with Gasteiger partial charge in [-0.1, -0.05) is 6.07 Å². The third-order valence-corrected chi connectivity index (χ3v) is 2.34. The van der Waals surface area contributed by atoms with Crippen LogP contribution in [0.4, 0.5) is 5.69 Å². The van der Waals surface area contributed by atoms with Crippen LogP contribution in [0, 0.1) is 29.6 Å². The van der Waals surface area contributed by atoms with Crippen molar-refractivity contribution in [1.82, 2.24) is 4.90 Å². The number of aryl methyl sites for hydroxylation is 1. The lowest BCUT2D eigenvalue weighted by molar-refractivity contribution is 0.0795. The van der Waals surface area contributed by atoms with E-state index in [0.717, 1.165) is 5.56 Å². The lowest BCUT2D eigenvalue weighted by Gasteiger charge is -2.16. The molecule has 0 saturated heterocycles. The molecule has 0 aliphatic carbocycles. The second-order valence-electron chi connectivity index (χ2n) is 3.55. The molecule has 0 unspecified atom stereocenters. The Hall–Kier alpha value is -2.53. The summed E-state index contributed by atoms with van der Waals surface area (Å²) in [6, 6.07) is 8.63. The predicted molar refractivity (Wildman–Crippen MR) is 62.7 cm³/mol. The van der Waals surface area contributed by atoms with Crippen LogP contribution in [-0.4, -0.2) is 23.9 Å². The Labute approximate surface area is 99.7 Å². The normalized spacial score (nSPS) is 9.12. The number of benzene rings is 1. The fraction of sp³-hybridized carbons (Fsp3) is 0.250. The summed E-state index contributed by atoms with van der Waals surface area (Å²) in [7, 11) is 0. The zero-order chi connectivity index (χ0) is 12.8. The number of rotatable bonds is 3. The number of carbonyl (C=O) groups excluding carboxylic acids is 1. The highest BCUT2D eigenvalue weighted by Gasteiger charge is 2.15. The number of nitrogens with zero attached hydrogens (tertiary/aromatic N) is 3. The Kier molecular flexibility index (Phi) is 4.08. The second kappa shape index (κ2) is 5.53. The molecule has 0 heterocycles. The number of nitrogens with two attached hydrogens (primary N) is 1. The maximum atomic E-state index is 12.0. The third-order valence-electron chi connectivity index (χ3n) is 2.34. The van der Waals surface area contributed by atoms with Crippen molar-refractivity contribution in [3.8, 4) is 12.1 Å². The van der Waals surface area contributed by atoms with Gasteiger partial charge in [0.1, 0.15) is 13.1 Å². The first-order valence-corrected chi connectivity index (χ1v) is 4.99. The lowest BCUT2D eigenvalue weighted by atomic mass is 10.1. The van der Waals surface area contributed by atoms with Gasteiger partial charge in [-0.3, -0.25) is 4.79 Å². The van der Waals surface area contributed by atoms with Crippen LogP contribution >= 0.6 is 0 Å². The summed E-state index contributed by atoms with van der Waals surface area (Å²) in [5, 5.41) is 17.2. The minimum absolute atomic E-state index is 0.111. The average Bonchev–Trinajstić information content (AvgIpc) is 2.31. The molecule has 2 N–H and O–H groups in total. The van der Waals surface area contributed by atoms with Crippen LogP contribution in [0.1, 0.15) is 15.9 Å². The van der Waals surface area contributed by atoms with Crippen LogP contribution in [0.2, 0.25) is 0 Å². The highest BCUT2D eigenvalue weighted by molar-refractivity contribution is 5.95. The van der Waals surface area contributed by atoms with Crippen molar-refractivity contribution in [3.05, 3.63) is 29.3 Å². The van der Waals surface area contributed by atoms with E-state index in [9.17, 15) is 4.79 Å². The standard InChI is InChI=1S/C12H12N4O/c1-9-2-3-10(8-11(9)15)12(17)16(6-4-13)7-5-14/h2-3,8H,6-7,15H2,1H3. The molecule has 0 aliphatic heterocycles. The van der Waals surface area contributed by atoms with Crippen molar-refractivity contribution in [1.29, 1.82) is 10.5 Å². The van der Waals surface area contributed by atoms with E-state index in [-0.39, 0.29) is 19.0 Å². The van der Waals surface area contributed by atoms with Crippen LogP contribution in [-0.2, 0) is 0 Å². The maximum Gasteiger partial charge on any atom is 0.255 e. The van der Waals surface area contributed by atoms with Crippen LogP contribution in [0.5, 0.6) is 0 Å². The molecule has 0 spiro atoms. The minimum atomic E-state index is -0.361. The predicted octanol–water partition coefficient (Wildman–Crippen LogP) is 1.07. The lowest BCUT2D eigenvalue weighted by Crippen LogP contribution is -2.31. The highest BCUT2D eigenvalue weighted by atomic mass is 16.2. The topological polar surface area (TPSA) is 93.9 Å². The molecule has 0 aliphatic rings. The van der Waals surface area contributed by atoms with E-state index < -0.39 is 0 Å². The molecule has 1 rings (SSSR count). The molecule has 0 saturated carbocycles. The van der Waals surface area contributed by atoms with Gasteiger partial charge >= 0.3 is 0 Å². The summed E-state index contributed by atoms with van der Waals surface area (Å²) < 4.78 is 0. The largest absolute Gasteiger partial charge is 0.398 e. The summed E-state index contributed by atoms with van der Waals surface area (Å²) in [6.07, 6.45) is 0. The monoisotopic (exact) mass is 228 g/mol. The SMILES string of the molecule is Cc1ccc(C(=O)N(CC#N)CC#N)cc1N. The third kappa shape index (κ3) is 2.96. The van der Waals surface area contributed by atoms with Gasteiger partial charge in [-0.25, -0.2) is 0 Å². The fourth-order valence-corrected chi connectivity index (χ4v) is 1.33. The van der Waals surface area contributed by atoms with Crippen LogP contribution in [0.3, 0.4) is 0 Å². The number of nitriles is 2. The van der Waals surface area contributed by atoms with Crippen LogP contribution < -0.4 is 5.73 Å². The van der Waals surface area contributed by atoms with E-state index in [1.807, 2.05) is 19.1 Å². The maximum absolute atomic E-state index is 12.0. The van der Waals surface area contributed by atoms with Crippen LogP contribution in [0.15, 0.2) is 18.2 Å². The Morgan fingerprint density at radius 2 is 1.94 bits per heavy atom. The molecule has 5 nitrogen and oxygen atoms in total. The summed E-state index contributed by atoms with van der Waals surface area (Å²) in [4.78, 5) is 13.1. The van der Waals surface area contributed by atoms with Gasteiger partial charge in [0.25, 0.3) is 5.91 Å². The van der Waals surface area contributed by atoms with Crippen molar-refractivity contribution in [3.63, 3.8) is 0 Å². The first-order chi connectivity index (χ1) is 8.10. The number of nitrogen functional groups attached to an aromatic ring is 1. The molecule has 5 heteroatoms. The van der Waals surface area contributed by atoms with Gasteiger partial charge in [-0.05, 0) is 24.6 Å². The minimum Gasteiger partial charge on any atom is -0.398 e. The molecule has 86 valence electrons. The number of hydrogen-bond acceptors (Lipinski definition) is 4. The smallest absolute Gasteiger partial charge is 0.255 e. The van der Waals surface area contributed by atoms with Gasteiger partial charge in [0, 0.05) is 11.3 Å². The van der Waals surface area contributed by atoms with Gasteiger partial charge in [-0.2, -0.15) is 10.5 Å². The second-order valence-corrected chi connectivity index (χ2v) is 3.55. The number of anilines is 1. The molecule has 0 radical (unpaired) electrons. The Bertz CT molecular complexity index is 494. The first kappa shape index (κ1) is 12.5. The van der Waals surface area contributed by atoms with E-state index in [2.05, 4.69) is 0 Å². The van der Waals surface area contributed by atoms with Gasteiger partial charge < -0.3 is 10.6 Å². The van der Waals surface area contributed by atoms with E-state index in [0.29, 0.717) is 11.3 Å². The molecule has 1 aromatic rings. The molecule has 17 heavy (non-hydrogen) atoms.